The van der Waals surface area contributed by atoms with Crippen LogP contribution in [-0.2, 0) is 19.1 Å². The van der Waals surface area contributed by atoms with Gasteiger partial charge in [-0.2, -0.15) is 0 Å². The highest BCUT2D eigenvalue weighted by atomic mass is 16.5. The molecule has 0 aromatic rings. The van der Waals surface area contributed by atoms with Gasteiger partial charge in [0, 0.05) is 26.2 Å². The quantitative estimate of drug-likeness (QED) is 0.670. The Morgan fingerprint density at radius 3 is 1.95 bits per heavy atom. The first-order chi connectivity index (χ1) is 9.18. The topological polar surface area (TPSA) is 85.1 Å². The SMILES string of the molecule is N[C@@H](CC(=O)N1CCOCC1)C(=O)N1CCOCC1. The number of morpholine rings is 2. The summed E-state index contributed by atoms with van der Waals surface area (Å²) in [5.41, 5.74) is 5.84. The molecule has 1 atom stereocenters. The maximum Gasteiger partial charge on any atom is 0.240 e. The molecule has 0 saturated carbocycles. The fourth-order valence-corrected chi connectivity index (χ4v) is 2.24. The summed E-state index contributed by atoms with van der Waals surface area (Å²) in [5, 5.41) is 0. The number of hydrogen-bond donors (Lipinski definition) is 1. The van der Waals surface area contributed by atoms with Gasteiger partial charge < -0.3 is 25.0 Å². The van der Waals surface area contributed by atoms with Crippen molar-refractivity contribution in [2.24, 2.45) is 5.73 Å². The van der Waals surface area contributed by atoms with E-state index in [-0.39, 0.29) is 18.2 Å². The molecule has 2 rings (SSSR count). The highest BCUT2D eigenvalue weighted by Crippen LogP contribution is 2.06. The van der Waals surface area contributed by atoms with Crippen LogP contribution in [0.15, 0.2) is 0 Å². The number of carbonyl (C=O) groups excluding carboxylic acids is 2. The first kappa shape index (κ1) is 14.2. The van der Waals surface area contributed by atoms with E-state index in [1.54, 1.807) is 9.80 Å². The summed E-state index contributed by atoms with van der Waals surface area (Å²) in [6.07, 6.45) is 0.0657. The molecule has 108 valence electrons. The predicted molar refractivity (Wildman–Crippen MR) is 67.4 cm³/mol. The predicted octanol–water partition coefficient (Wildman–Crippen LogP) is -1.58. The lowest BCUT2D eigenvalue weighted by molar-refractivity contribution is -0.142. The second-order valence-corrected chi connectivity index (χ2v) is 4.74. The number of rotatable bonds is 3. The number of amides is 2. The minimum atomic E-state index is -0.756. The van der Waals surface area contributed by atoms with Crippen LogP contribution in [-0.4, -0.2) is 80.3 Å². The van der Waals surface area contributed by atoms with Crippen LogP contribution in [0.5, 0.6) is 0 Å². The summed E-state index contributed by atoms with van der Waals surface area (Å²) in [5.74, 6) is -0.234. The van der Waals surface area contributed by atoms with Crippen molar-refractivity contribution in [3.63, 3.8) is 0 Å². The summed E-state index contributed by atoms with van der Waals surface area (Å²) < 4.78 is 10.4. The number of ether oxygens (including phenoxy) is 2. The molecule has 2 aliphatic rings. The van der Waals surface area contributed by atoms with E-state index >= 15 is 0 Å². The highest BCUT2D eigenvalue weighted by molar-refractivity contribution is 5.88. The van der Waals surface area contributed by atoms with Crippen LogP contribution in [0.2, 0.25) is 0 Å². The molecule has 19 heavy (non-hydrogen) atoms. The van der Waals surface area contributed by atoms with Crippen molar-refractivity contribution in [2.75, 3.05) is 52.6 Å². The van der Waals surface area contributed by atoms with Gasteiger partial charge >= 0.3 is 0 Å². The van der Waals surface area contributed by atoms with Gasteiger partial charge in [0.2, 0.25) is 11.8 Å². The molecular weight excluding hydrogens is 250 g/mol. The maximum atomic E-state index is 12.1. The molecule has 0 aliphatic carbocycles. The van der Waals surface area contributed by atoms with Gasteiger partial charge in [0.05, 0.1) is 38.9 Å². The van der Waals surface area contributed by atoms with E-state index in [1.807, 2.05) is 0 Å². The normalized spacial score (nSPS) is 22.2. The summed E-state index contributed by atoms with van der Waals surface area (Å²) in [6.45, 7) is 4.45. The molecule has 0 aromatic heterocycles. The number of nitrogens with zero attached hydrogens (tertiary/aromatic N) is 2. The second-order valence-electron chi connectivity index (χ2n) is 4.74. The monoisotopic (exact) mass is 271 g/mol. The number of carbonyl (C=O) groups is 2. The Hall–Kier alpha value is -1.18. The molecule has 7 nitrogen and oxygen atoms in total. The van der Waals surface area contributed by atoms with E-state index in [1.165, 1.54) is 0 Å². The first-order valence-electron chi connectivity index (χ1n) is 6.66. The molecule has 0 unspecified atom stereocenters. The standard InChI is InChI=1S/C12H21N3O4/c13-10(12(17)15-3-7-19-8-4-15)9-11(16)14-1-5-18-6-2-14/h10H,1-9,13H2/t10-/m0/s1. The summed E-state index contributed by atoms with van der Waals surface area (Å²) in [7, 11) is 0. The summed E-state index contributed by atoms with van der Waals surface area (Å²) in [4.78, 5) is 27.4. The third kappa shape index (κ3) is 3.89. The molecule has 0 radical (unpaired) electrons. The second kappa shape index (κ2) is 6.83. The Morgan fingerprint density at radius 1 is 0.947 bits per heavy atom. The van der Waals surface area contributed by atoms with Gasteiger partial charge in [-0.3, -0.25) is 9.59 Å². The molecule has 2 fully saturated rings. The molecule has 7 heteroatoms. The molecule has 0 spiro atoms. The van der Waals surface area contributed by atoms with Crippen molar-refractivity contribution >= 4 is 11.8 Å². The Morgan fingerprint density at radius 2 is 1.42 bits per heavy atom. The van der Waals surface area contributed by atoms with Crippen molar-refractivity contribution in [2.45, 2.75) is 12.5 Å². The van der Waals surface area contributed by atoms with Gasteiger partial charge in [0.1, 0.15) is 0 Å². The van der Waals surface area contributed by atoms with Crippen LogP contribution < -0.4 is 5.73 Å². The lowest BCUT2D eigenvalue weighted by Gasteiger charge is -2.31. The number of hydrogen-bond acceptors (Lipinski definition) is 5. The van der Waals surface area contributed by atoms with Crippen LogP contribution in [0.1, 0.15) is 6.42 Å². The molecule has 2 saturated heterocycles. The summed E-state index contributed by atoms with van der Waals surface area (Å²) in [6, 6.07) is -0.756. The largest absolute Gasteiger partial charge is 0.378 e. The van der Waals surface area contributed by atoms with Crippen LogP contribution in [0.25, 0.3) is 0 Å². The van der Waals surface area contributed by atoms with Gasteiger partial charge in [-0.25, -0.2) is 0 Å². The highest BCUT2D eigenvalue weighted by Gasteiger charge is 2.27. The van der Waals surface area contributed by atoms with Crippen LogP contribution in [0, 0.1) is 0 Å². The third-order valence-electron chi connectivity index (χ3n) is 3.40. The Bertz CT molecular complexity index is 325. The van der Waals surface area contributed by atoms with Crippen molar-refractivity contribution in [3.8, 4) is 0 Å². The zero-order valence-corrected chi connectivity index (χ0v) is 11.0. The van der Waals surface area contributed by atoms with E-state index in [0.29, 0.717) is 52.6 Å². The Kier molecular flexibility index (Phi) is 5.12. The zero-order valence-electron chi connectivity index (χ0n) is 11.0. The van der Waals surface area contributed by atoms with E-state index < -0.39 is 6.04 Å². The molecule has 2 aliphatic heterocycles. The molecule has 0 aromatic carbocycles. The Labute approximate surface area is 112 Å². The fraction of sp³-hybridized carbons (Fsp3) is 0.833. The van der Waals surface area contributed by atoms with E-state index in [0.717, 1.165) is 0 Å². The molecule has 2 N–H and O–H groups in total. The molecular formula is C12H21N3O4. The Balaban J connectivity index is 1.80. The van der Waals surface area contributed by atoms with Crippen molar-refractivity contribution in [3.05, 3.63) is 0 Å². The fourth-order valence-electron chi connectivity index (χ4n) is 2.24. The van der Waals surface area contributed by atoms with E-state index in [4.69, 9.17) is 15.2 Å². The van der Waals surface area contributed by atoms with Gasteiger partial charge in [-0.1, -0.05) is 0 Å². The van der Waals surface area contributed by atoms with Gasteiger partial charge in [0.15, 0.2) is 0 Å². The van der Waals surface area contributed by atoms with E-state index in [2.05, 4.69) is 0 Å². The minimum Gasteiger partial charge on any atom is -0.378 e. The minimum absolute atomic E-state index is 0.0657. The van der Waals surface area contributed by atoms with E-state index in [9.17, 15) is 9.59 Å². The zero-order chi connectivity index (χ0) is 13.7. The first-order valence-corrected chi connectivity index (χ1v) is 6.66. The maximum absolute atomic E-state index is 12.1. The van der Waals surface area contributed by atoms with Gasteiger partial charge in [-0.05, 0) is 0 Å². The molecule has 0 bridgehead atoms. The lowest BCUT2D eigenvalue weighted by atomic mass is 10.1. The van der Waals surface area contributed by atoms with Gasteiger partial charge in [0.25, 0.3) is 0 Å². The number of nitrogens with two attached hydrogens (primary N) is 1. The molecule has 2 amide bonds. The summed E-state index contributed by atoms with van der Waals surface area (Å²) >= 11 is 0. The molecule has 2 heterocycles. The van der Waals surface area contributed by atoms with Crippen molar-refractivity contribution in [1.29, 1.82) is 0 Å². The average molecular weight is 271 g/mol. The van der Waals surface area contributed by atoms with Crippen molar-refractivity contribution in [1.82, 2.24) is 9.80 Å². The smallest absolute Gasteiger partial charge is 0.240 e. The average Bonchev–Trinajstić information content (AvgIpc) is 2.48. The van der Waals surface area contributed by atoms with Crippen LogP contribution in [0.3, 0.4) is 0 Å². The third-order valence-corrected chi connectivity index (χ3v) is 3.40. The van der Waals surface area contributed by atoms with Crippen molar-refractivity contribution < 1.29 is 19.1 Å². The lowest BCUT2D eigenvalue weighted by Crippen LogP contribution is -2.51. The van der Waals surface area contributed by atoms with Crippen LogP contribution in [0.4, 0.5) is 0 Å². The van der Waals surface area contributed by atoms with Crippen LogP contribution >= 0.6 is 0 Å². The van der Waals surface area contributed by atoms with Gasteiger partial charge in [-0.15, -0.1) is 0 Å².